The number of ether oxygens (including phenoxy) is 1. The Kier molecular flexibility index (Phi) is 8.46. The molecule has 0 saturated heterocycles. The van der Waals surface area contributed by atoms with E-state index in [2.05, 4.69) is 31.2 Å². The summed E-state index contributed by atoms with van der Waals surface area (Å²) in [6.45, 7) is 3.09. The quantitative estimate of drug-likeness (QED) is 0.392. The van der Waals surface area contributed by atoms with Crippen molar-refractivity contribution in [1.82, 2.24) is 0 Å². The first kappa shape index (κ1) is 18.6. The molecule has 0 aliphatic heterocycles. The van der Waals surface area contributed by atoms with Crippen LogP contribution in [0, 0.1) is 17.2 Å². The highest BCUT2D eigenvalue weighted by Crippen LogP contribution is 2.37. The summed E-state index contributed by atoms with van der Waals surface area (Å²) < 4.78 is 5.64. The van der Waals surface area contributed by atoms with Crippen LogP contribution in [0.4, 0.5) is 0 Å². The summed E-state index contributed by atoms with van der Waals surface area (Å²) in [5.74, 6) is 1.49. The van der Waals surface area contributed by atoms with Crippen LogP contribution in [0.3, 0.4) is 0 Å². The van der Waals surface area contributed by atoms with E-state index in [0.717, 1.165) is 24.5 Å². The Hall–Kier alpha value is -1.75. The lowest BCUT2D eigenvalue weighted by atomic mass is 9.77. The standard InChI is InChI=1S/C22H31NO/c1-2-3-4-5-6-16-24-17-15-19-7-11-21(12-8-19)22-13-9-20(18-23)10-14-22/h6,9-10,13-14,16,19,21H,2-5,7-8,11-12,15,17H2,1H3/b16-6+. The first-order valence-electron chi connectivity index (χ1n) is 9.60. The van der Waals surface area contributed by atoms with Gasteiger partial charge in [0, 0.05) is 0 Å². The fourth-order valence-corrected chi connectivity index (χ4v) is 3.57. The SMILES string of the molecule is CCCCC/C=C/OCCC1CCC(c2ccc(C#N)cc2)CC1. The van der Waals surface area contributed by atoms with Crippen LogP contribution in [-0.4, -0.2) is 6.61 Å². The predicted molar refractivity (Wildman–Crippen MR) is 99.7 cm³/mol. The highest BCUT2D eigenvalue weighted by atomic mass is 16.5. The Morgan fingerprint density at radius 3 is 2.54 bits per heavy atom. The molecule has 0 N–H and O–H groups in total. The third kappa shape index (κ3) is 6.40. The minimum absolute atomic E-state index is 0.674. The zero-order chi connectivity index (χ0) is 17.0. The summed E-state index contributed by atoms with van der Waals surface area (Å²) in [6.07, 6.45) is 15.4. The maximum absolute atomic E-state index is 8.88. The molecule has 1 aromatic carbocycles. The van der Waals surface area contributed by atoms with Crippen molar-refractivity contribution in [2.45, 2.75) is 70.6 Å². The van der Waals surface area contributed by atoms with Gasteiger partial charge in [0.15, 0.2) is 0 Å². The van der Waals surface area contributed by atoms with Crippen molar-refractivity contribution in [2.24, 2.45) is 5.92 Å². The van der Waals surface area contributed by atoms with E-state index in [9.17, 15) is 0 Å². The van der Waals surface area contributed by atoms with Crippen LogP contribution < -0.4 is 0 Å². The van der Waals surface area contributed by atoms with Gasteiger partial charge in [0.05, 0.1) is 24.5 Å². The Morgan fingerprint density at radius 1 is 1.12 bits per heavy atom. The van der Waals surface area contributed by atoms with Gasteiger partial charge in [-0.05, 0) is 80.6 Å². The van der Waals surface area contributed by atoms with E-state index in [-0.39, 0.29) is 0 Å². The average Bonchev–Trinajstić information content (AvgIpc) is 2.64. The van der Waals surface area contributed by atoms with Crippen LogP contribution in [0.5, 0.6) is 0 Å². The number of benzene rings is 1. The lowest BCUT2D eigenvalue weighted by molar-refractivity contribution is 0.197. The number of rotatable bonds is 9. The molecule has 0 aromatic heterocycles. The van der Waals surface area contributed by atoms with Crippen LogP contribution >= 0.6 is 0 Å². The molecule has 1 saturated carbocycles. The summed E-state index contributed by atoms with van der Waals surface area (Å²) in [5, 5.41) is 8.88. The third-order valence-electron chi connectivity index (χ3n) is 5.17. The van der Waals surface area contributed by atoms with Gasteiger partial charge in [0.1, 0.15) is 0 Å². The molecule has 0 spiro atoms. The molecule has 0 amide bonds. The first-order valence-corrected chi connectivity index (χ1v) is 9.60. The molecule has 0 atom stereocenters. The van der Waals surface area contributed by atoms with E-state index in [1.165, 1.54) is 56.9 Å². The number of hydrogen-bond donors (Lipinski definition) is 0. The van der Waals surface area contributed by atoms with Crippen molar-refractivity contribution < 1.29 is 4.74 Å². The van der Waals surface area contributed by atoms with Gasteiger partial charge in [-0.2, -0.15) is 5.26 Å². The smallest absolute Gasteiger partial charge is 0.0991 e. The third-order valence-corrected chi connectivity index (χ3v) is 5.17. The van der Waals surface area contributed by atoms with Crippen molar-refractivity contribution >= 4 is 0 Å². The van der Waals surface area contributed by atoms with Gasteiger partial charge in [0.25, 0.3) is 0 Å². The van der Waals surface area contributed by atoms with Crippen LogP contribution in [0.25, 0.3) is 0 Å². The Labute approximate surface area is 147 Å². The van der Waals surface area contributed by atoms with Crippen LogP contribution in [-0.2, 0) is 4.74 Å². The van der Waals surface area contributed by atoms with Gasteiger partial charge in [0.2, 0.25) is 0 Å². The summed E-state index contributed by atoms with van der Waals surface area (Å²) in [4.78, 5) is 0. The van der Waals surface area contributed by atoms with Gasteiger partial charge >= 0.3 is 0 Å². The second-order valence-electron chi connectivity index (χ2n) is 6.98. The van der Waals surface area contributed by atoms with Crippen molar-refractivity contribution in [3.8, 4) is 6.07 Å². The highest BCUT2D eigenvalue weighted by molar-refractivity contribution is 5.33. The second kappa shape index (κ2) is 10.9. The number of unbranched alkanes of at least 4 members (excludes halogenated alkanes) is 3. The summed E-state index contributed by atoms with van der Waals surface area (Å²) in [7, 11) is 0. The lowest BCUT2D eigenvalue weighted by Crippen LogP contribution is -2.14. The average molecular weight is 325 g/mol. The van der Waals surface area contributed by atoms with Gasteiger partial charge < -0.3 is 4.74 Å². The largest absolute Gasteiger partial charge is 0.502 e. The molecule has 0 radical (unpaired) electrons. The molecule has 1 aromatic rings. The number of hydrogen-bond acceptors (Lipinski definition) is 2. The van der Waals surface area contributed by atoms with Crippen molar-refractivity contribution in [2.75, 3.05) is 6.61 Å². The van der Waals surface area contributed by atoms with Crippen LogP contribution in [0.15, 0.2) is 36.6 Å². The summed E-state index contributed by atoms with van der Waals surface area (Å²) >= 11 is 0. The maximum atomic E-state index is 8.88. The zero-order valence-electron chi connectivity index (χ0n) is 15.0. The normalized spacial score (nSPS) is 20.8. The minimum Gasteiger partial charge on any atom is -0.502 e. The van der Waals surface area contributed by atoms with Crippen molar-refractivity contribution in [3.63, 3.8) is 0 Å². The molecular weight excluding hydrogens is 294 g/mol. The van der Waals surface area contributed by atoms with E-state index in [4.69, 9.17) is 10.00 Å². The van der Waals surface area contributed by atoms with E-state index in [1.807, 2.05) is 18.4 Å². The molecule has 0 bridgehead atoms. The Balaban J connectivity index is 1.60. The molecule has 2 rings (SSSR count). The molecule has 1 aliphatic carbocycles. The zero-order valence-corrected chi connectivity index (χ0v) is 15.0. The molecule has 24 heavy (non-hydrogen) atoms. The van der Waals surface area contributed by atoms with E-state index in [1.54, 1.807) is 0 Å². The monoisotopic (exact) mass is 325 g/mol. The second-order valence-corrected chi connectivity index (χ2v) is 6.98. The fourth-order valence-electron chi connectivity index (χ4n) is 3.57. The molecule has 0 unspecified atom stereocenters. The molecule has 2 nitrogen and oxygen atoms in total. The molecule has 2 heteroatoms. The first-order chi connectivity index (χ1) is 11.8. The highest BCUT2D eigenvalue weighted by Gasteiger charge is 2.22. The van der Waals surface area contributed by atoms with Crippen LogP contribution in [0.2, 0.25) is 0 Å². The van der Waals surface area contributed by atoms with Gasteiger partial charge in [-0.3, -0.25) is 0 Å². The molecular formula is C22H31NO. The molecule has 1 fully saturated rings. The van der Waals surface area contributed by atoms with Gasteiger partial charge in [-0.15, -0.1) is 0 Å². The summed E-state index contributed by atoms with van der Waals surface area (Å²) in [6, 6.07) is 10.4. The maximum Gasteiger partial charge on any atom is 0.0991 e. The number of nitrogens with zero attached hydrogens (tertiary/aromatic N) is 1. The van der Waals surface area contributed by atoms with Gasteiger partial charge in [-0.25, -0.2) is 0 Å². The Bertz CT molecular complexity index is 518. The van der Waals surface area contributed by atoms with Crippen molar-refractivity contribution in [3.05, 3.63) is 47.7 Å². The number of nitriles is 1. The molecule has 1 aliphatic rings. The lowest BCUT2D eigenvalue weighted by Gasteiger charge is -2.28. The van der Waals surface area contributed by atoms with Gasteiger partial charge in [-0.1, -0.05) is 31.9 Å². The van der Waals surface area contributed by atoms with E-state index in [0.29, 0.717) is 5.92 Å². The van der Waals surface area contributed by atoms with Crippen molar-refractivity contribution in [1.29, 1.82) is 5.26 Å². The summed E-state index contributed by atoms with van der Waals surface area (Å²) in [5.41, 5.74) is 2.16. The topological polar surface area (TPSA) is 33.0 Å². The predicted octanol–water partition coefficient (Wildman–Crippen LogP) is 6.33. The molecule has 130 valence electrons. The number of allylic oxidation sites excluding steroid dienone is 1. The van der Waals surface area contributed by atoms with Crippen LogP contribution in [0.1, 0.15) is 81.8 Å². The molecule has 0 heterocycles. The van der Waals surface area contributed by atoms with E-state index < -0.39 is 0 Å². The Morgan fingerprint density at radius 2 is 1.88 bits per heavy atom. The minimum atomic E-state index is 0.674. The van der Waals surface area contributed by atoms with E-state index >= 15 is 0 Å². The fraction of sp³-hybridized carbons (Fsp3) is 0.591.